The number of aromatic carboxylic acids is 1. The summed E-state index contributed by atoms with van der Waals surface area (Å²) < 4.78 is 63.5. The molecule has 1 aliphatic heterocycles. The summed E-state index contributed by atoms with van der Waals surface area (Å²) in [5, 5.41) is 12.7. The smallest absolute Gasteiger partial charge is 0.421 e. The van der Waals surface area contributed by atoms with Crippen LogP contribution in [-0.4, -0.2) is 46.1 Å². The predicted octanol–water partition coefficient (Wildman–Crippen LogP) is 8.34. The number of thiazole rings is 1. The van der Waals surface area contributed by atoms with Crippen molar-refractivity contribution < 1.29 is 37.0 Å². The third-order valence-corrected chi connectivity index (χ3v) is 9.58. The van der Waals surface area contributed by atoms with Crippen molar-refractivity contribution in [2.45, 2.75) is 84.4 Å². The Balaban J connectivity index is 1.42. The number of benzene rings is 1. The van der Waals surface area contributed by atoms with E-state index in [2.05, 4.69) is 21.8 Å². The molecule has 0 bridgehead atoms. The fraction of sp³-hybridized carbons (Fsp3) is 0.515. The van der Waals surface area contributed by atoms with Crippen LogP contribution in [-0.2, 0) is 17.4 Å². The van der Waals surface area contributed by atoms with Gasteiger partial charge in [0.1, 0.15) is 5.56 Å². The highest BCUT2D eigenvalue weighted by Gasteiger charge is 2.37. The molecule has 0 radical (unpaired) electrons. The Morgan fingerprint density at radius 2 is 1.80 bits per heavy atom. The summed E-state index contributed by atoms with van der Waals surface area (Å²) in [6, 6.07) is 2.03. The molecule has 1 N–H and O–H groups in total. The molecule has 3 aromatic rings. The first kappa shape index (κ1) is 33.6. The minimum atomic E-state index is -4.90. The largest absolute Gasteiger partial charge is 0.478 e. The summed E-state index contributed by atoms with van der Waals surface area (Å²) in [5.41, 5.74) is -1.04. The maximum Gasteiger partial charge on any atom is 0.421 e. The second-order valence-corrected chi connectivity index (χ2v) is 13.3. The zero-order valence-electron chi connectivity index (χ0n) is 26.1. The van der Waals surface area contributed by atoms with Crippen LogP contribution in [0.15, 0.2) is 29.8 Å². The molecule has 5 rings (SSSR count). The summed E-state index contributed by atoms with van der Waals surface area (Å²) in [5.74, 6) is -4.44. The highest BCUT2D eigenvalue weighted by atomic mass is 32.1. The fourth-order valence-electron chi connectivity index (χ4n) is 6.14. The number of alkyl halides is 3. The number of pyridine rings is 1. The van der Waals surface area contributed by atoms with Crippen molar-refractivity contribution >= 4 is 34.0 Å². The first-order chi connectivity index (χ1) is 21.8. The van der Waals surface area contributed by atoms with Crippen molar-refractivity contribution in [1.29, 1.82) is 0 Å². The molecule has 1 aliphatic carbocycles. The van der Waals surface area contributed by atoms with Gasteiger partial charge in [0.05, 0.1) is 16.9 Å². The van der Waals surface area contributed by atoms with E-state index in [0.29, 0.717) is 24.5 Å². The van der Waals surface area contributed by atoms with Gasteiger partial charge < -0.3 is 19.6 Å². The van der Waals surface area contributed by atoms with Gasteiger partial charge in [-0.25, -0.2) is 19.2 Å². The average Bonchev–Trinajstić information content (AvgIpc) is 3.47. The number of nitrogens with zero attached hydrogens (tertiary/aromatic N) is 4. The van der Waals surface area contributed by atoms with Crippen LogP contribution in [0, 0.1) is 17.7 Å². The Morgan fingerprint density at radius 1 is 1.11 bits per heavy atom. The molecule has 2 aromatic heterocycles. The van der Waals surface area contributed by atoms with Crippen LogP contribution in [0.3, 0.4) is 0 Å². The molecule has 8 nitrogen and oxygen atoms in total. The number of amides is 1. The van der Waals surface area contributed by atoms with Crippen molar-refractivity contribution in [2.75, 3.05) is 22.9 Å². The van der Waals surface area contributed by atoms with Gasteiger partial charge in [0, 0.05) is 55.2 Å². The number of piperidine rings is 1. The van der Waals surface area contributed by atoms with Crippen molar-refractivity contribution in [3.8, 4) is 11.6 Å². The van der Waals surface area contributed by atoms with Gasteiger partial charge in [0.2, 0.25) is 11.8 Å². The van der Waals surface area contributed by atoms with E-state index in [4.69, 9.17) is 4.74 Å². The third kappa shape index (κ3) is 7.62. The molecule has 46 heavy (non-hydrogen) atoms. The summed E-state index contributed by atoms with van der Waals surface area (Å²) >= 11 is 1.44. The van der Waals surface area contributed by atoms with E-state index in [0.717, 1.165) is 68.5 Å². The average molecular weight is 663 g/mol. The van der Waals surface area contributed by atoms with Crippen LogP contribution in [0.2, 0.25) is 0 Å². The molecule has 0 spiro atoms. The number of hydrogen-bond acceptors (Lipinski definition) is 7. The quantitative estimate of drug-likeness (QED) is 0.230. The topological polar surface area (TPSA) is 95.9 Å². The molecular formula is C33H38F4N4O4S. The maximum absolute atomic E-state index is 15.5. The molecule has 0 unspecified atom stereocenters. The molecule has 1 saturated carbocycles. The number of halogens is 4. The first-order valence-electron chi connectivity index (χ1n) is 15.6. The molecule has 2 aliphatic rings. The minimum Gasteiger partial charge on any atom is -0.478 e. The first-order valence-corrected chi connectivity index (χ1v) is 16.5. The van der Waals surface area contributed by atoms with E-state index in [9.17, 15) is 27.9 Å². The van der Waals surface area contributed by atoms with Crippen LogP contribution in [0.25, 0.3) is 0 Å². The molecule has 1 saturated heterocycles. The van der Waals surface area contributed by atoms with Gasteiger partial charge in [-0.2, -0.15) is 13.2 Å². The fourth-order valence-corrected chi connectivity index (χ4v) is 7.02. The lowest BCUT2D eigenvalue weighted by molar-refractivity contribution is -0.139. The zero-order chi connectivity index (χ0) is 33.2. The van der Waals surface area contributed by atoms with Gasteiger partial charge in [-0.05, 0) is 76.3 Å². The number of carbonyl (C=O) groups is 2. The van der Waals surface area contributed by atoms with Crippen molar-refractivity contribution in [2.24, 2.45) is 11.8 Å². The van der Waals surface area contributed by atoms with Crippen LogP contribution in [0.1, 0.15) is 92.9 Å². The van der Waals surface area contributed by atoms with Crippen molar-refractivity contribution in [3.63, 3.8) is 0 Å². The molecule has 0 atom stereocenters. The zero-order valence-corrected chi connectivity index (χ0v) is 26.9. The number of aromatic nitrogens is 2. The molecule has 1 amide bonds. The Hall–Kier alpha value is -3.74. The van der Waals surface area contributed by atoms with E-state index in [-0.39, 0.29) is 29.5 Å². The lowest BCUT2D eigenvalue weighted by atomic mass is 9.82. The highest BCUT2D eigenvalue weighted by molar-refractivity contribution is 7.13. The maximum atomic E-state index is 15.5. The third-order valence-electron chi connectivity index (χ3n) is 8.63. The molecule has 1 aromatic carbocycles. The van der Waals surface area contributed by atoms with Crippen LogP contribution in [0.4, 0.5) is 28.4 Å². The normalized spacial score (nSPS) is 18.9. The standard InChI is InChI=1S/C33H38F4N4O4S/c1-19(2)41(30(42)22-9-7-20(3)8-10-22)27-16-26(34)28(15-24(27)31(43)44)45-29-25(33(35,36)37)14-21(17-38-29)13-23-18-46-32(39-23)40-11-5-4-6-12-40/h14-20,22H,4-13H2,1-3H3,(H,43,44). The Kier molecular flexibility index (Phi) is 10.2. The van der Waals surface area contributed by atoms with Gasteiger partial charge in [-0.3, -0.25) is 4.79 Å². The van der Waals surface area contributed by atoms with E-state index in [1.165, 1.54) is 22.4 Å². The van der Waals surface area contributed by atoms with Gasteiger partial charge in [0.15, 0.2) is 16.7 Å². The van der Waals surface area contributed by atoms with Crippen LogP contribution < -0.4 is 14.5 Å². The Labute approximate surface area is 269 Å². The Bertz CT molecular complexity index is 1560. The number of hydrogen-bond donors (Lipinski definition) is 1. The Morgan fingerprint density at radius 3 is 2.43 bits per heavy atom. The second-order valence-electron chi connectivity index (χ2n) is 12.5. The van der Waals surface area contributed by atoms with Crippen molar-refractivity contribution in [1.82, 2.24) is 9.97 Å². The van der Waals surface area contributed by atoms with Crippen molar-refractivity contribution in [3.05, 3.63) is 58.0 Å². The molecule has 248 valence electrons. The summed E-state index contributed by atoms with van der Waals surface area (Å²) in [7, 11) is 0. The van der Waals surface area contributed by atoms with E-state index < -0.39 is 46.8 Å². The summed E-state index contributed by atoms with van der Waals surface area (Å²) in [6.45, 7) is 7.28. The van der Waals surface area contributed by atoms with E-state index in [1.807, 2.05) is 5.38 Å². The molecule has 3 heterocycles. The highest BCUT2D eigenvalue weighted by Crippen LogP contribution is 2.40. The minimum absolute atomic E-state index is 0.103. The molecular weight excluding hydrogens is 624 g/mol. The number of anilines is 2. The SMILES string of the molecule is CC1CCC(C(=O)N(c2cc(F)c(Oc3ncc(Cc4csc(N5CCCCC5)n4)cc3C(F)(F)F)cc2C(=O)O)C(C)C)CC1. The van der Waals surface area contributed by atoms with E-state index >= 15 is 4.39 Å². The summed E-state index contributed by atoms with van der Waals surface area (Å²) in [4.78, 5) is 37.8. The number of carboxylic acid groups (broad SMARTS) is 1. The summed E-state index contributed by atoms with van der Waals surface area (Å²) in [6.07, 6.45) is 2.70. The predicted molar refractivity (Wildman–Crippen MR) is 167 cm³/mol. The molecule has 2 fully saturated rings. The molecule has 13 heteroatoms. The van der Waals surface area contributed by atoms with Gasteiger partial charge in [-0.1, -0.05) is 6.92 Å². The number of carboxylic acids is 1. The second kappa shape index (κ2) is 13.9. The van der Waals surface area contributed by atoms with Crippen LogP contribution >= 0.6 is 11.3 Å². The number of carbonyl (C=O) groups excluding carboxylic acids is 1. The number of ether oxygens (including phenoxy) is 1. The monoisotopic (exact) mass is 662 g/mol. The van der Waals surface area contributed by atoms with Gasteiger partial charge in [0.25, 0.3) is 0 Å². The lowest BCUT2D eigenvalue weighted by Crippen LogP contribution is -2.43. The van der Waals surface area contributed by atoms with Crippen LogP contribution in [0.5, 0.6) is 11.6 Å². The number of rotatable bonds is 9. The lowest BCUT2D eigenvalue weighted by Gasteiger charge is -2.34. The van der Waals surface area contributed by atoms with Gasteiger partial charge in [-0.15, -0.1) is 11.3 Å². The van der Waals surface area contributed by atoms with E-state index in [1.54, 1.807) is 13.8 Å². The van der Waals surface area contributed by atoms with Gasteiger partial charge >= 0.3 is 12.1 Å².